The van der Waals surface area contributed by atoms with Crippen molar-refractivity contribution in [3.05, 3.63) is 66.1 Å². The van der Waals surface area contributed by atoms with Gasteiger partial charge in [-0.15, -0.1) is 0 Å². The molecule has 1 spiro atoms. The van der Waals surface area contributed by atoms with E-state index in [2.05, 4.69) is 15.4 Å². The van der Waals surface area contributed by atoms with E-state index >= 15 is 0 Å². The number of nitrogens with one attached hydrogen (secondary N) is 1. The van der Waals surface area contributed by atoms with Crippen LogP contribution in [0.5, 0.6) is 0 Å². The molecule has 1 aromatic carbocycles. The highest BCUT2D eigenvalue weighted by Crippen LogP contribution is 2.32. The number of carbonyl (C=O) groups excluding carboxylic acids is 3. The number of benzene rings is 1. The molecule has 2 fully saturated rings. The van der Waals surface area contributed by atoms with Crippen LogP contribution >= 0.6 is 0 Å². The molecule has 0 bridgehead atoms. The average Bonchev–Trinajstić information content (AvgIpc) is 3.41. The maximum Gasteiger partial charge on any atom is 0.416 e. The van der Waals surface area contributed by atoms with E-state index in [0.29, 0.717) is 16.9 Å². The van der Waals surface area contributed by atoms with Crippen molar-refractivity contribution < 1.29 is 27.6 Å². The zero-order chi connectivity index (χ0) is 25.7. The molecule has 1 N–H and O–H groups in total. The Labute approximate surface area is 203 Å². The van der Waals surface area contributed by atoms with Crippen LogP contribution in [0.25, 0.3) is 16.9 Å². The summed E-state index contributed by atoms with van der Waals surface area (Å²) >= 11 is 0. The fourth-order valence-electron chi connectivity index (χ4n) is 4.55. The maximum atomic E-state index is 13.3. The number of carbonyl (C=O) groups is 3. The van der Waals surface area contributed by atoms with Crippen LogP contribution in [0.15, 0.2) is 54.9 Å². The number of amides is 4. The van der Waals surface area contributed by atoms with E-state index in [1.54, 1.807) is 35.5 Å². The Kier molecular flexibility index (Phi) is 5.53. The summed E-state index contributed by atoms with van der Waals surface area (Å²) < 4.78 is 40.5. The Morgan fingerprint density at radius 3 is 2.22 bits per heavy atom. The minimum absolute atomic E-state index is 0.108. The van der Waals surface area contributed by atoms with Crippen molar-refractivity contribution in [3.63, 3.8) is 0 Å². The number of alkyl halides is 3. The normalized spacial score (nSPS) is 17.6. The lowest BCUT2D eigenvalue weighted by Gasteiger charge is -2.36. The fraction of sp³-hybridized carbons (Fsp3) is 0.292. The Hall–Kier alpha value is -4.22. The number of urea groups is 1. The summed E-state index contributed by atoms with van der Waals surface area (Å²) in [6, 6.07) is 9.05. The molecular formula is C24H21F3N6O3. The van der Waals surface area contributed by atoms with Gasteiger partial charge in [0.15, 0.2) is 5.69 Å². The number of hydrogen-bond acceptors (Lipinski definition) is 5. The molecule has 0 unspecified atom stereocenters. The van der Waals surface area contributed by atoms with Gasteiger partial charge in [-0.2, -0.15) is 18.3 Å². The highest BCUT2D eigenvalue weighted by Gasteiger charge is 2.51. The highest BCUT2D eigenvalue weighted by molar-refractivity contribution is 6.07. The number of likely N-dealkylation sites (N-methyl/N-ethyl adjacent to an activating group) is 1. The van der Waals surface area contributed by atoms with Gasteiger partial charge in [-0.3, -0.25) is 19.5 Å². The Bertz CT molecular complexity index is 1330. The number of hydrogen-bond donors (Lipinski definition) is 1. The van der Waals surface area contributed by atoms with Crippen molar-refractivity contribution in [1.82, 2.24) is 29.9 Å². The molecule has 0 aliphatic carbocycles. The molecule has 0 saturated carbocycles. The lowest BCUT2D eigenvalue weighted by molar-refractivity contribution is -0.137. The van der Waals surface area contributed by atoms with E-state index in [1.165, 1.54) is 23.9 Å². The van der Waals surface area contributed by atoms with Crippen molar-refractivity contribution >= 4 is 17.8 Å². The Morgan fingerprint density at radius 2 is 1.67 bits per heavy atom. The van der Waals surface area contributed by atoms with Gasteiger partial charge < -0.3 is 10.2 Å². The summed E-state index contributed by atoms with van der Waals surface area (Å²) in [6.45, 7) is 0.465. The Morgan fingerprint density at radius 1 is 1.03 bits per heavy atom. The number of rotatable bonds is 3. The SMILES string of the molecule is CN1C(=O)NC2(CCN(C(=O)c3cc(-c4ccncc4)n(-c4ccc(C(F)(F)F)cc4)n3)CC2)C1=O. The molecule has 4 heterocycles. The first-order chi connectivity index (χ1) is 17.1. The molecule has 36 heavy (non-hydrogen) atoms. The van der Waals surface area contributed by atoms with Crippen molar-refractivity contribution in [3.8, 4) is 16.9 Å². The molecule has 2 aliphatic heterocycles. The van der Waals surface area contributed by atoms with Crippen LogP contribution in [0.1, 0.15) is 28.9 Å². The predicted molar refractivity (Wildman–Crippen MR) is 121 cm³/mol. The molecule has 2 saturated heterocycles. The van der Waals surface area contributed by atoms with Gasteiger partial charge in [-0.1, -0.05) is 0 Å². The molecule has 2 aliphatic rings. The van der Waals surface area contributed by atoms with E-state index in [1.807, 2.05) is 0 Å². The summed E-state index contributed by atoms with van der Waals surface area (Å²) in [6.07, 6.45) is -0.808. The summed E-state index contributed by atoms with van der Waals surface area (Å²) in [5.74, 6) is -0.693. The number of aromatic nitrogens is 3. The number of pyridine rings is 1. The van der Waals surface area contributed by atoms with Gasteiger partial charge in [0.2, 0.25) is 0 Å². The van der Waals surface area contributed by atoms with E-state index in [9.17, 15) is 27.6 Å². The highest BCUT2D eigenvalue weighted by atomic mass is 19.4. The zero-order valence-electron chi connectivity index (χ0n) is 19.1. The molecule has 0 radical (unpaired) electrons. The van der Waals surface area contributed by atoms with Gasteiger partial charge in [-0.05, 0) is 55.3 Å². The zero-order valence-corrected chi connectivity index (χ0v) is 19.1. The van der Waals surface area contributed by atoms with Crippen LogP contribution in [0.4, 0.5) is 18.0 Å². The summed E-state index contributed by atoms with van der Waals surface area (Å²) in [4.78, 5) is 44.4. The van der Waals surface area contributed by atoms with Gasteiger partial charge in [0, 0.05) is 38.1 Å². The monoisotopic (exact) mass is 498 g/mol. The summed E-state index contributed by atoms with van der Waals surface area (Å²) in [5.41, 5.74) is -0.151. The van der Waals surface area contributed by atoms with Gasteiger partial charge >= 0.3 is 12.2 Å². The van der Waals surface area contributed by atoms with Crippen LogP contribution in [0, 0.1) is 0 Å². The topological polar surface area (TPSA) is 100 Å². The summed E-state index contributed by atoms with van der Waals surface area (Å²) in [5, 5.41) is 7.16. The first-order valence-corrected chi connectivity index (χ1v) is 11.2. The second-order valence-electron chi connectivity index (χ2n) is 8.78. The second kappa shape index (κ2) is 8.47. The molecule has 0 atom stereocenters. The molecule has 9 nitrogen and oxygen atoms in total. The largest absolute Gasteiger partial charge is 0.416 e. The maximum absolute atomic E-state index is 13.3. The second-order valence-corrected chi connectivity index (χ2v) is 8.78. The van der Waals surface area contributed by atoms with Gasteiger partial charge in [-0.25, -0.2) is 9.48 Å². The minimum atomic E-state index is -4.47. The quantitative estimate of drug-likeness (QED) is 0.560. The molecule has 3 aromatic rings. The van der Waals surface area contributed by atoms with Crippen LogP contribution in [0.2, 0.25) is 0 Å². The van der Waals surface area contributed by atoms with Crippen molar-refractivity contribution in [2.24, 2.45) is 0 Å². The standard InChI is InChI=1S/C24H21F3N6O3/c1-31-21(35)23(29-22(31)36)8-12-32(13-9-23)20(34)18-14-19(15-6-10-28-11-7-15)33(30-18)17-4-2-16(3-5-17)24(25,26)27/h2-7,10-11,14H,8-9,12-13H2,1H3,(H,29,36). The van der Waals surface area contributed by atoms with E-state index in [-0.39, 0.29) is 43.4 Å². The van der Waals surface area contributed by atoms with E-state index in [0.717, 1.165) is 17.0 Å². The minimum Gasteiger partial charge on any atom is -0.337 e. The van der Waals surface area contributed by atoms with Crippen molar-refractivity contribution in [1.29, 1.82) is 0 Å². The number of likely N-dealkylation sites (tertiary alicyclic amines) is 1. The van der Waals surface area contributed by atoms with Crippen molar-refractivity contribution in [2.75, 3.05) is 20.1 Å². The molecule has 5 rings (SSSR count). The lowest BCUT2D eigenvalue weighted by atomic mass is 9.87. The molecular weight excluding hydrogens is 477 g/mol. The number of imide groups is 1. The van der Waals surface area contributed by atoms with Crippen LogP contribution in [-0.2, 0) is 11.0 Å². The first kappa shape index (κ1) is 23.5. The molecule has 4 amide bonds. The lowest BCUT2D eigenvalue weighted by Crippen LogP contribution is -2.55. The molecule has 186 valence electrons. The predicted octanol–water partition coefficient (Wildman–Crippen LogP) is 3.11. The van der Waals surface area contributed by atoms with Crippen LogP contribution in [0.3, 0.4) is 0 Å². The fourth-order valence-corrected chi connectivity index (χ4v) is 4.55. The van der Waals surface area contributed by atoms with Gasteiger partial charge in [0.25, 0.3) is 11.8 Å². The van der Waals surface area contributed by atoms with E-state index < -0.39 is 23.3 Å². The Balaban J connectivity index is 1.43. The van der Waals surface area contributed by atoms with Crippen LogP contribution < -0.4 is 5.32 Å². The average molecular weight is 498 g/mol. The summed E-state index contributed by atoms with van der Waals surface area (Å²) in [7, 11) is 1.42. The molecule has 12 heteroatoms. The van der Waals surface area contributed by atoms with Crippen molar-refractivity contribution in [2.45, 2.75) is 24.6 Å². The number of piperidine rings is 1. The third-order valence-corrected chi connectivity index (χ3v) is 6.61. The third kappa shape index (κ3) is 3.97. The third-order valence-electron chi connectivity index (χ3n) is 6.61. The smallest absolute Gasteiger partial charge is 0.337 e. The first-order valence-electron chi connectivity index (χ1n) is 11.2. The van der Waals surface area contributed by atoms with E-state index in [4.69, 9.17) is 0 Å². The number of nitrogens with zero attached hydrogens (tertiary/aromatic N) is 5. The van der Waals surface area contributed by atoms with Crippen LogP contribution in [-0.4, -0.2) is 68.1 Å². The van der Waals surface area contributed by atoms with Gasteiger partial charge in [0.05, 0.1) is 16.9 Å². The number of halogens is 3. The van der Waals surface area contributed by atoms with Gasteiger partial charge in [0.1, 0.15) is 5.54 Å². The molecule has 2 aromatic heterocycles.